The zero-order valence-corrected chi connectivity index (χ0v) is 14.4. The standard InChI is InChI=1S/C17H18N4O3S/c1-24-8-13-20-16(19-7-12(22)15(18)23)14-11(9-25-17(14)21-13)10-5-3-2-4-6-10/h2-6,9,12,22H,7-8H2,1H3,(H2,18,23)(H,19,20,21)/t12-/m1/s1. The topological polar surface area (TPSA) is 110 Å². The predicted molar refractivity (Wildman–Crippen MR) is 97.3 cm³/mol. The zero-order chi connectivity index (χ0) is 17.8. The molecular formula is C17H18N4O3S. The molecule has 2 heterocycles. The lowest BCUT2D eigenvalue weighted by atomic mass is 10.1. The second kappa shape index (κ2) is 7.56. The molecule has 0 fully saturated rings. The molecule has 0 aliphatic carbocycles. The number of hydrogen-bond acceptors (Lipinski definition) is 7. The number of nitrogens with two attached hydrogens (primary N) is 1. The lowest BCUT2D eigenvalue weighted by molar-refractivity contribution is -0.125. The molecule has 2 aromatic heterocycles. The smallest absolute Gasteiger partial charge is 0.248 e. The quantitative estimate of drug-likeness (QED) is 0.594. The Morgan fingerprint density at radius 1 is 1.36 bits per heavy atom. The molecule has 1 atom stereocenters. The first-order chi connectivity index (χ1) is 12.1. The van der Waals surface area contributed by atoms with E-state index >= 15 is 0 Å². The van der Waals surface area contributed by atoms with Crippen molar-refractivity contribution in [3.05, 3.63) is 41.5 Å². The van der Waals surface area contributed by atoms with Gasteiger partial charge in [-0.25, -0.2) is 9.97 Å². The van der Waals surface area contributed by atoms with E-state index in [-0.39, 0.29) is 13.2 Å². The summed E-state index contributed by atoms with van der Waals surface area (Å²) < 4.78 is 5.12. The summed E-state index contributed by atoms with van der Waals surface area (Å²) in [5, 5.41) is 15.5. The number of aromatic nitrogens is 2. The van der Waals surface area contributed by atoms with Gasteiger partial charge in [-0.3, -0.25) is 4.79 Å². The van der Waals surface area contributed by atoms with Crippen LogP contribution in [0.1, 0.15) is 5.82 Å². The molecule has 3 aromatic rings. The second-order valence-electron chi connectivity index (χ2n) is 5.42. The van der Waals surface area contributed by atoms with Crippen LogP contribution in [0, 0.1) is 0 Å². The van der Waals surface area contributed by atoms with Crippen LogP contribution in [0.15, 0.2) is 35.7 Å². The highest BCUT2D eigenvalue weighted by atomic mass is 32.1. The minimum Gasteiger partial charge on any atom is -0.381 e. The summed E-state index contributed by atoms with van der Waals surface area (Å²) in [6.45, 7) is 0.236. The number of aliphatic hydroxyl groups is 1. The maximum Gasteiger partial charge on any atom is 0.248 e. The molecule has 0 saturated carbocycles. The maximum atomic E-state index is 11.1. The van der Waals surface area contributed by atoms with E-state index in [1.54, 1.807) is 7.11 Å². The van der Waals surface area contributed by atoms with Crippen LogP contribution in [-0.2, 0) is 16.1 Å². The van der Waals surface area contributed by atoms with Crippen molar-refractivity contribution in [3.63, 3.8) is 0 Å². The Balaban J connectivity index is 2.06. The van der Waals surface area contributed by atoms with Gasteiger partial charge in [0.05, 0.1) is 11.9 Å². The monoisotopic (exact) mass is 358 g/mol. The highest BCUT2D eigenvalue weighted by molar-refractivity contribution is 7.17. The van der Waals surface area contributed by atoms with Gasteiger partial charge in [-0.1, -0.05) is 30.3 Å². The number of aliphatic hydroxyl groups excluding tert-OH is 1. The molecule has 4 N–H and O–H groups in total. The number of benzene rings is 1. The molecule has 130 valence electrons. The average molecular weight is 358 g/mol. The first kappa shape index (κ1) is 17.3. The number of hydrogen-bond donors (Lipinski definition) is 3. The van der Waals surface area contributed by atoms with Crippen LogP contribution in [0.25, 0.3) is 21.3 Å². The molecular weight excluding hydrogens is 340 g/mol. The van der Waals surface area contributed by atoms with Gasteiger partial charge in [0.1, 0.15) is 23.4 Å². The molecule has 0 saturated heterocycles. The summed E-state index contributed by atoms with van der Waals surface area (Å²) in [6, 6.07) is 9.89. The molecule has 0 aliphatic rings. The Morgan fingerprint density at radius 3 is 2.80 bits per heavy atom. The van der Waals surface area contributed by atoms with Crippen LogP contribution in [0.3, 0.4) is 0 Å². The van der Waals surface area contributed by atoms with Crippen molar-refractivity contribution in [1.82, 2.24) is 9.97 Å². The van der Waals surface area contributed by atoms with Crippen molar-refractivity contribution in [2.45, 2.75) is 12.7 Å². The van der Waals surface area contributed by atoms with Gasteiger partial charge < -0.3 is 20.9 Å². The molecule has 0 bridgehead atoms. The van der Waals surface area contributed by atoms with Crippen LogP contribution >= 0.6 is 11.3 Å². The van der Waals surface area contributed by atoms with Crippen molar-refractivity contribution in [1.29, 1.82) is 0 Å². The van der Waals surface area contributed by atoms with E-state index in [1.807, 2.05) is 35.7 Å². The number of rotatable bonds is 7. The van der Waals surface area contributed by atoms with Crippen LogP contribution in [-0.4, -0.2) is 40.7 Å². The van der Waals surface area contributed by atoms with Gasteiger partial charge in [0.25, 0.3) is 0 Å². The number of anilines is 1. The van der Waals surface area contributed by atoms with Crippen molar-refractivity contribution in [2.24, 2.45) is 5.73 Å². The van der Waals surface area contributed by atoms with E-state index in [0.29, 0.717) is 11.6 Å². The van der Waals surface area contributed by atoms with Crippen LogP contribution in [0.4, 0.5) is 5.82 Å². The van der Waals surface area contributed by atoms with Gasteiger partial charge >= 0.3 is 0 Å². The predicted octanol–water partition coefficient (Wildman–Crippen LogP) is 1.76. The Morgan fingerprint density at radius 2 is 2.12 bits per heavy atom. The number of methoxy groups -OCH3 is 1. The van der Waals surface area contributed by atoms with Crippen LogP contribution < -0.4 is 11.1 Å². The summed E-state index contributed by atoms with van der Waals surface area (Å²) in [6.07, 6.45) is -1.30. The molecule has 0 spiro atoms. The highest BCUT2D eigenvalue weighted by Crippen LogP contribution is 2.36. The minimum atomic E-state index is -1.30. The highest BCUT2D eigenvalue weighted by Gasteiger charge is 2.17. The van der Waals surface area contributed by atoms with E-state index in [4.69, 9.17) is 10.5 Å². The Hall–Kier alpha value is -2.55. The molecule has 3 rings (SSSR count). The fourth-order valence-corrected chi connectivity index (χ4v) is 3.40. The Bertz CT molecular complexity index is 882. The van der Waals surface area contributed by atoms with Gasteiger partial charge in [0.15, 0.2) is 5.82 Å². The third-order valence-electron chi connectivity index (χ3n) is 3.63. The first-order valence-electron chi connectivity index (χ1n) is 7.64. The lowest BCUT2D eigenvalue weighted by Gasteiger charge is -2.12. The molecule has 7 nitrogen and oxygen atoms in total. The molecule has 25 heavy (non-hydrogen) atoms. The van der Waals surface area contributed by atoms with Crippen molar-refractivity contribution >= 4 is 33.3 Å². The van der Waals surface area contributed by atoms with E-state index in [9.17, 15) is 9.90 Å². The van der Waals surface area contributed by atoms with E-state index in [1.165, 1.54) is 11.3 Å². The second-order valence-corrected chi connectivity index (χ2v) is 6.27. The van der Waals surface area contributed by atoms with Gasteiger partial charge in [0, 0.05) is 18.1 Å². The molecule has 0 unspecified atom stereocenters. The van der Waals surface area contributed by atoms with E-state index < -0.39 is 12.0 Å². The summed E-state index contributed by atoms with van der Waals surface area (Å²) >= 11 is 1.50. The molecule has 1 aromatic carbocycles. The molecule has 0 aliphatic heterocycles. The van der Waals surface area contributed by atoms with Gasteiger partial charge in [-0.15, -0.1) is 11.3 Å². The molecule has 0 radical (unpaired) electrons. The number of carbonyl (C=O) groups is 1. The average Bonchev–Trinajstić information content (AvgIpc) is 3.04. The van der Waals surface area contributed by atoms with E-state index in [2.05, 4.69) is 15.3 Å². The largest absolute Gasteiger partial charge is 0.381 e. The summed E-state index contributed by atoms with van der Waals surface area (Å²) in [4.78, 5) is 20.9. The SMILES string of the molecule is COCc1nc(NC[C@@H](O)C(N)=O)c2c(-c3ccccc3)csc2n1. The van der Waals surface area contributed by atoms with Crippen molar-refractivity contribution in [3.8, 4) is 11.1 Å². The fourth-order valence-electron chi connectivity index (χ4n) is 2.43. The number of nitrogens with zero attached hydrogens (tertiary/aromatic N) is 2. The third-order valence-corrected chi connectivity index (χ3v) is 4.50. The number of carbonyl (C=O) groups excluding carboxylic acids is 1. The van der Waals surface area contributed by atoms with E-state index in [0.717, 1.165) is 21.3 Å². The maximum absolute atomic E-state index is 11.1. The van der Waals surface area contributed by atoms with Crippen molar-refractivity contribution in [2.75, 3.05) is 19.0 Å². The fraction of sp³-hybridized carbons (Fsp3) is 0.235. The first-order valence-corrected chi connectivity index (χ1v) is 8.52. The molecule has 1 amide bonds. The number of ether oxygens (including phenoxy) is 1. The number of nitrogens with one attached hydrogen (secondary N) is 1. The van der Waals surface area contributed by atoms with Gasteiger partial charge in [0.2, 0.25) is 5.91 Å². The third kappa shape index (κ3) is 3.76. The number of amides is 1. The number of fused-ring (bicyclic) bond motifs is 1. The lowest BCUT2D eigenvalue weighted by Crippen LogP contribution is -2.34. The number of primary amides is 1. The summed E-state index contributed by atoms with van der Waals surface area (Å²) in [7, 11) is 1.57. The van der Waals surface area contributed by atoms with Gasteiger partial charge in [-0.05, 0) is 5.56 Å². The normalized spacial score (nSPS) is 12.2. The summed E-state index contributed by atoms with van der Waals surface area (Å²) in [5.74, 6) is 0.272. The van der Waals surface area contributed by atoms with Gasteiger partial charge in [-0.2, -0.15) is 0 Å². The molecule has 8 heteroatoms. The summed E-state index contributed by atoms with van der Waals surface area (Å²) in [5.41, 5.74) is 7.14. The minimum absolute atomic E-state index is 0.0298. The van der Waals surface area contributed by atoms with Crippen LogP contribution in [0.5, 0.6) is 0 Å². The Labute approximate surface area is 148 Å². The number of thiophene rings is 1. The zero-order valence-electron chi connectivity index (χ0n) is 13.6. The van der Waals surface area contributed by atoms with Crippen LogP contribution in [0.2, 0.25) is 0 Å². The Kier molecular flexibility index (Phi) is 5.22. The van der Waals surface area contributed by atoms with Crippen molar-refractivity contribution < 1.29 is 14.6 Å².